The standard InChI is InChI=1S/C21H17N3O6S3/c1-29-15-8-9-16-17(11-15)32-21(22-16)23-18(25)12-30-20(26)13-4-6-14(7-5-13)24-33(27,28)19-3-2-10-31-19/h2-11,24H,12H2,1H3,(H,22,23,25). The quantitative estimate of drug-likeness (QED) is 0.349. The van der Waals surface area contributed by atoms with Gasteiger partial charge in [0, 0.05) is 5.69 Å². The summed E-state index contributed by atoms with van der Waals surface area (Å²) in [5.41, 5.74) is 1.18. The predicted molar refractivity (Wildman–Crippen MR) is 127 cm³/mol. The van der Waals surface area contributed by atoms with Gasteiger partial charge in [-0.25, -0.2) is 18.2 Å². The molecule has 2 aromatic heterocycles. The van der Waals surface area contributed by atoms with Gasteiger partial charge in [-0.15, -0.1) is 11.3 Å². The van der Waals surface area contributed by atoms with Gasteiger partial charge in [0.25, 0.3) is 15.9 Å². The average molecular weight is 504 g/mol. The molecule has 1 amide bonds. The Balaban J connectivity index is 1.31. The molecule has 9 nitrogen and oxygen atoms in total. The summed E-state index contributed by atoms with van der Waals surface area (Å²) >= 11 is 2.37. The highest BCUT2D eigenvalue weighted by atomic mass is 32.2. The number of aromatic nitrogens is 1. The van der Waals surface area contributed by atoms with Crippen molar-refractivity contribution in [2.45, 2.75) is 4.21 Å². The fourth-order valence-electron chi connectivity index (χ4n) is 2.75. The summed E-state index contributed by atoms with van der Waals surface area (Å²) < 4.78 is 38.2. The van der Waals surface area contributed by atoms with Crippen LogP contribution in [0.1, 0.15) is 10.4 Å². The van der Waals surface area contributed by atoms with Crippen molar-refractivity contribution >= 4 is 65.6 Å². The third kappa shape index (κ3) is 5.48. The van der Waals surface area contributed by atoms with Gasteiger partial charge in [0.2, 0.25) is 0 Å². The first-order valence-corrected chi connectivity index (χ1v) is 12.6. The number of nitrogens with one attached hydrogen (secondary N) is 2. The maximum absolute atomic E-state index is 12.3. The van der Waals surface area contributed by atoms with Crippen molar-refractivity contribution in [3.63, 3.8) is 0 Å². The van der Waals surface area contributed by atoms with Crippen LogP contribution < -0.4 is 14.8 Å². The van der Waals surface area contributed by atoms with Crippen LogP contribution in [0.2, 0.25) is 0 Å². The second-order valence-electron chi connectivity index (χ2n) is 6.59. The molecular weight excluding hydrogens is 486 g/mol. The number of thiophene rings is 1. The van der Waals surface area contributed by atoms with E-state index in [4.69, 9.17) is 9.47 Å². The summed E-state index contributed by atoms with van der Waals surface area (Å²) in [5.74, 6) is -0.565. The van der Waals surface area contributed by atoms with Gasteiger partial charge < -0.3 is 9.47 Å². The Labute approximate surface area is 197 Å². The number of esters is 1. The van der Waals surface area contributed by atoms with E-state index in [0.717, 1.165) is 16.0 Å². The van der Waals surface area contributed by atoms with Gasteiger partial charge in [-0.1, -0.05) is 17.4 Å². The van der Waals surface area contributed by atoms with E-state index in [0.29, 0.717) is 22.1 Å². The predicted octanol–water partition coefficient (Wildman–Crippen LogP) is 3.96. The zero-order valence-corrected chi connectivity index (χ0v) is 19.6. The molecule has 0 saturated heterocycles. The highest BCUT2D eigenvalue weighted by Gasteiger charge is 2.16. The van der Waals surface area contributed by atoms with Gasteiger partial charge in [-0.05, 0) is 53.9 Å². The van der Waals surface area contributed by atoms with E-state index in [-0.39, 0.29) is 9.77 Å². The number of ether oxygens (including phenoxy) is 2. The van der Waals surface area contributed by atoms with Crippen LogP contribution in [0.25, 0.3) is 10.2 Å². The number of carbonyl (C=O) groups is 2. The lowest BCUT2D eigenvalue weighted by Gasteiger charge is -2.08. The number of anilines is 2. The average Bonchev–Trinajstić information content (AvgIpc) is 3.47. The number of rotatable bonds is 8. The molecule has 0 unspecified atom stereocenters. The first kappa shape index (κ1) is 22.7. The molecule has 33 heavy (non-hydrogen) atoms. The molecule has 2 aromatic carbocycles. The van der Waals surface area contributed by atoms with Crippen molar-refractivity contribution in [1.82, 2.24) is 4.98 Å². The first-order valence-electron chi connectivity index (χ1n) is 9.42. The molecule has 170 valence electrons. The number of carbonyl (C=O) groups excluding carboxylic acids is 2. The van der Waals surface area contributed by atoms with E-state index in [9.17, 15) is 18.0 Å². The number of benzene rings is 2. The second-order valence-corrected chi connectivity index (χ2v) is 10.5. The van der Waals surface area contributed by atoms with E-state index in [1.807, 2.05) is 6.07 Å². The summed E-state index contributed by atoms with van der Waals surface area (Å²) in [4.78, 5) is 28.7. The first-order chi connectivity index (χ1) is 15.8. The number of methoxy groups -OCH3 is 1. The summed E-state index contributed by atoms with van der Waals surface area (Å²) in [7, 11) is -2.11. The molecule has 0 bridgehead atoms. The second kappa shape index (κ2) is 9.57. The minimum atomic E-state index is -3.68. The molecule has 0 aliphatic heterocycles. The van der Waals surface area contributed by atoms with Crippen molar-refractivity contribution < 1.29 is 27.5 Å². The van der Waals surface area contributed by atoms with Crippen LogP contribution in [0.3, 0.4) is 0 Å². The zero-order valence-electron chi connectivity index (χ0n) is 17.1. The number of nitrogens with zero attached hydrogens (tertiary/aromatic N) is 1. The molecule has 4 rings (SSSR count). The molecular formula is C21H17N3O6S3. The highest BCUT2D eigenvalue weighted by Crippen LogP contribution is 2.29. The van der Waals surface area contributed by atoms with Crippen molar-refractivity contribution in [3.8, 4) is 5.75 Å². The lowest BCUT2D eigenvalue weighted by molar-refractivity contribution is -0.119. The van der Waals surface area contributed by atoms with Crippen LogP contribution in [0.15, 0.2) is 64.2 Å². The smallest absolute Gasteiger partial charge is 0.338 e. The number of thiazole rings is 1. The number of amides is 1. The van der Waals surface area contributed by atoms with E-state index in [2.05, 4.69) is 15.0 Å². The van der Waals surface area contributed by atoms with Crippen molar-refractivity contribution in [1.29, 1.82) is 0 Å². The van der Waals surface area contributed by atoms with Gasteiger partial charge >= 0.3 is 5.97 Å². The van der Waals surface area contributed by atoms with E-state index in [1.54, 1.807) is 30.7 Å². The normalized spacial score (nSPS) is 11.2. The third-order valence-electron chi connectivity index (χ3n) is 4.31. The Bertz CT molecular complexity index is 1400. The lowest BCUT2D eigenvalue weighted by Crippen LogP contribution is -2.20. The Morgan fingerprint density at radius 3 is 2.58 bits per heavy atom. The number of hydrogen-bond acceptors (Lipinski definition) is 9. The van der Waals surface area contributed by atoms with Gasteiger partial charge in [-0.3, -0.25) is 14.8 Å². The van der Waals surface area contributed by atoms with E-state index < -0.39 is 28.5 Å². The Kier molecular flexibility index (Phi) is 6.58. The fraction of sp³-hybridized carbons (Fsp3) is 0.0952. The van der Waals surface area contributed by atoms with Crippen LogP contribution in [0.5, 0.6) is 5.75 Å². The molecule has 0 saturated carbocycles. The molecule has 0 fully saturated rings. The molecule has 0 aliphatic carbocycles. The molecule has 0 aliphatic rings. The number of fused-ring (bicyclic) bond motifs is 1. The minimum Gasteiger partial charge on any atom is -0.497 e. The maximum Gasteiger partial charge on any atom is 0.338 e. The number of sulfonamides is 1. The summed E-state index contributed by atoms with van der Waals surface area (Å²) in [6, 6.07) is 14.2. The van der Waals surface area contributed by atoms with Gasteiger partial charge in [0.1, 0.15) is 9.96 Å². The largest absolute Gasteiger partial charge is 0.497 e. The summed E-state index contributed by atoms with van der Waals surface area (Å²) in [5, 5.41) is 4.64. The Morgan fingerprint density at radius 1 is 1.09 bits per heavy atom. The molecule has 2 N–H and O–H groups in total. The van der Waals surface area contributed by atoms with Crippen molar-refractivity contribution in [3.05, 3.63) is 65.5 Å². The third-order valence-corrected chi connectivity index (χ3v) is 8.02. The van der Waals surface area contributed by atoms with Crippen molar-refractivity contribution in [2.75, 3.05) is 23.8 Å². The molecule has 0 radical (unpaired) electrons. The maximum atomic E-state index is 12.3. The summed E-state index contributed by atoms with van der Waals surface area (Å²) in [6.45, 7) is -0.495. The molecule has 0 atom stereocenters. The van der Waals surface area contributed by atoms with Crippen LogP contribution in [0, 0.1) is 0 Å². The molecule has 2 heterocycles. The topological polar surface area (TPSA) is 124 Å². The summed E-state index contributed by atoms with van der Waals surface area (Å²) in [6.07, 6.45) is 0. The van der Waals surface area contributed by atoms with Crippen LogP contribution >= 0.6 is 22.7 Å². The Hall–Kier alpha value is -3.48. The van der Waals surface area contributed by atoms with Crippen molar-refractivity contribution in [2.24, 2.45) is 0 Å². The zero-order chi connectivity index (χ0) is 23.4. The van der Waals surface area contributed by atoms with Crippen LogP contribution in [0.4, 0.5) is 10.8 Å². The number of hydrogen-bond donors (Lipinski definition) is 2. The van der Waals surface area contributed by atoms with Crippen LogP contribution in [-0.2, 0) is 19.6 Å². The Morgan fingerprint density at radius 2 is 1.88 bits per heavy atom. The molecule has 4 aromatic rings. The monoisotopic (exact) mass is 503 g/mol. The van der Waals surface area contributed by atoms with E-state index in [1.165, 1.54) is 41.7 Å². The SMILES string of the molecule is COc1ccc2nc(NC(=O)COC(=O)c3ccc(NS(=O)(=O)c4cccs4)cc3)sc2c1. The fourth-order valence-corrected chi connectivity index (χ4v) is 5.71. The van der Waals surface area contributed by atoms with Gasteiger partial charge in [-0.2, -0.15) is 0 Å². The highest BCUT2D eigenvalue weighted by molar-refractivity contribution is 7.94. The van der Waals surface area contributed by atoms with Gasteiger partial charge in [0.15, 0.2) is 11.7 Å². The lowest BCUT2D eigenvalue weighted by atomic mass is 10.2. The van der Waals surface area contributed by atoms with E-state index >= 15 is 0 Å². The molecule has 12 heteroatoms. The molecule has 0 spiro atoms. The van der Waals surface area contributed by atoms with Crippen LogP contribution in [-0.4, -0.2) is 39.0 Å². The minimum absolute atomic E-state index is 0.175. The van der Waals surface area contributed by atoms with Gasteiger partial charge in [0.05, 0.1) is 22.9 Å².